The standard InChI is InChI=1S/C30H27BrN4O3/c1-3-4-7-16-35-27-15-14-21(38-2)17-24(27)28(30(35)37)33-34-29(36)23-18-26(19-10-12-20(31)13-11-19)32-25-9-6-5-8-22(23)25/h5-6,8-15,17-18,37H,3-4,7,16H2,1-2H3. The molecule has 0 radical (unpaired) electrons. The summed E-state index contributed by atoms with van der Waals surface area (Å²) < 4.78 is 8.16. The van der Waals surface area contributed by atoms with Crippen LogP contribution in [0, 0.1) is 0 Å². The lowest BCUT2D eigenvalue weighted by molar-refractivity contribution is 0.0996. The number of para-hydroxylation sites is 1. The van der Waals surface area contributed by atoms with Crippen LogP contribution in [0.15, 0.2) is 87.5 Å². The Kier molecular flexibility index (Phi) is 7.51. The molecule has 0 unspecified atom stereocenters. The van der Waals surface area contributed by atoms with E-state index in [2.05, 4.69) is 33.1 Å². The second-order valence-corrected chi connectivity index (χ2v) is 9.91. The third kappa shape index (κ3) is 5.04. The van der Waals surface area contributed by atoms with Crippen LogP contribution < -0.4 is 4.74 Å². The van der Waals surface area contributed by atoms with Gasteiger partial charge in [0.1, 0.15) is 5.75 Å². The van der Waals surface area contributed by atoms with E-state index in [-0.39, 0.29) is 11.6 Å². The monoisotopic (exact) mass is 570 g/mol. The first kappa shape index (κ1) is 25.6. The Labute approximate surface area is 228 Å². The predicted molar refractivity (Wildman–Crippen MR) is 153 cm³/mol. The molecule has 2 aromatic heterocycles. The van der Waals surface area contributed by atoms with Crippen molar-refractivity contribution in [3.8, 4) is 22.9 Å². The van der Waals surface area contributed by atoms with Gasteiger partial charge in [0.05, 0.1) is 29.4 Å². The molecule has 0 atom stereocenters. The molecule has 1 amide bonds. The molecule has 0 aliphatic heterocycles. The number of fused-ring (bicyclic) bond motifs is 2. The van der Waals surface area contributed by atoms with Crippen molar-refractivity contribution in [2.75, 3.05) is 7.11 Å². The lowest BCUT2D eigenvalue weighted by atomic mass is 10.0. The number of pyridine rings is 1. The number of aryl methyl sites for hydroxylation is 1. The number of halogens is 1. The van der Waals surface area contributed by atoms with Crippen molar-refractivity contribution in [1.29, 1.82) is 0 Å². The Morgan fingerprint density at radius 2 is 1.82 bits per heavy atom. The van der Waals surface area contributed by atoms with E-state index in [1.54, 1.807) is 19.2 Å². The molecular weight excluding hydrogens is 544 g/mol. The quantitative estimate of drug-likeness (QED) is 0.150. The molecule has 5 aromatic rings. The number of hydrogen-bond donors (Lipinski definition) is 1. The Morgan fingerprint density at radius 1 is 1.03 bits per heavy atom. The maximum atomic E-state index is 13.4. The number of carbonyl (C=O) groups excluding carboxylic acids is 1. The van der Waals surface area contributed by atoms with Crippen LogP contribution in [-0.2, 0) is 6.54 Å². The molecule has 3 aromatic carbocycles. The van der Waals surface area contributed by atoms with Crippen LogP contribution in [0.25, 0.3) is 33.1 Å². The van der Waals surface area contributed by atoms with Crippen molar-refractivity contribution in [3.63, 3.8) is 0 Å². The number of nitrogens with zero attached hydrogens (tertiary/aromatic N) is 4. The largest absolute Gasteiger partial charge is 0.497 e. The number of methoxy groups -OCH3 is 1. The highest BCUT2D eigenvalue weighted by Gasteiger charge is 2.19. The number of azo groups is 1. The van der Waals surface area contributed by atoms with Crippen molar-refractivity contribution in [1.82, 2.24) is 9.55 Å². The van der Waals surface area contributed by atoms with Gasteiger partial charge in [-0.3, -0.25) is 4.79 Å². The first-order valence-corrected chi connectivity index (χ1v) is 13.3. The second-order valence-electron chi connectivity index (χ2n) is 9.00. The smallest absolute Gasteiger partial charge is 0.296 e. The molecule has 0 saturated carbocycles. The minimum atomic E-state index is -0.517. The van der Waals surface area contributed by atoms with E-state index in [9.17, 15) is 9.90 Å². The highest BCUT2D eigenvalue weighted by molar-refractivity contribution is 9.10. The van der Waals surface area contributed by atoms with Crippen molar-refractivity contribution in [2.24, 2.45) is 10.2 Å². The number of hydrogen-bond acceptors (Lipinski definition) is 5. The summed E-state index contributed by atoms with van der Waals surface area (Å²) in [6.45, 7) is 2.77. The fourth-order valence-corrected chi connectivity index (χ4v) is 4.81. The number of rotatable bonds is 8. The molecule has 0 aliphatic rings. The van der Waals surface area contributed by atoms with E-state index in [0.29, 0.717) is 39.8 Å². The molecule has 5 rings (SSSR count). The fraction of sp³-hybridized carbons (Fsp3) is 0.200. The first-order chi connectivity index (χ1) is 18.5. The minimum Gasteiger partial charge on any atom is -0.497 e. The van der Waals surface area contributed by atoms with Gasteiger partial charge in [-0.2, -0.15) is 0 Å². The Morgan fingerprint density at radius 3 is 2.58 bits per heavy atom. The zero-order valence-electron chi connectivity index (χ0n) is 21.2. The van der Waals surface area contributed by atoms with Gasteiger partial charge in [-0.1, -0.05) is 66.0 Å². The van der Waals surface area contributed by atoms with Gasteiger partial charge in [0.25, 0.3) is 5.91 Å². The Balaban J connectivity index is 1.57. The van der Waals surface area contributed by atoms with Gasteiger partial charge in [-0.15, -0.1) is 10.2 Å². The number of carbonyl (C=O) groups is 1. The highest BCUT2D eigenvalue weighted by Crippen LogP contribution is 2.41. The van der Waals surface area contributed by atoms with Crippen LogP contribution in [0.4, 0.5) is 5.69 Å². The van der Waals surface area contributed by atoms with Crippen LogP contribution in [0.3, 0.4) is 0 Å². The van der Waals surface area contributed by atoms with Crippen LogP contribution in [-0.4, -0.2) is 27.7 Å². The number of amides is 1. The first-order valence-electron chi connectivity index (χ1n) is 12.5. The predicted octanol–water partition coefficient (Wildman–Crippen LogP) is 8.45. The number of ether oxygens (including phenoxy) is 1. The van der Waals surface area contributed by atoms with E-state index < -0.39 is 5.91 Å². The molecule has 0 bridgehead atoms. The molecule has 192 valence electrons. The summed E-state index contributed by atoms with van der Waals surface area (Å²) in [5, 5.41) is 20.8. The number of benzene rings is 3. The average molecular weight is 571 g/mol. The van der Waals surface area contributed by atoms with Gasteiger partial charge in [-0.25, -0.2) is 4.98 Å². The summed E-state index contributed by atoms with van der Waals surface area (Å²) in [6, 6.07) is 22.5. The van der Waals surface area contributed by atoms with Crippen LogP contribution in [0.5, 0.6) is 11.6 Å². The van der Waals surface area contributed by atoms with Crippen molar-refractivity contribution in [2.45, 2.75) is 32.7 Å². The summed E-state index contributed by atoms with van der Waals surface area (Å²) in [7, 11) is 1.58. The molecule has 7 nitrogen and oxygen atoms in total. The zero-order valence-corrected chi connectivity index (χ0v) is 22.8. The molecule has 0 saturated heterocycles. The summed E-state index contributed by atoms with van der Waals surface area (Å²) >= 11 is 3.46. The van der Waals surface area contributed by atoms with Crippen LogP contribution >= 0.6 is 15.9 Å². The van der Waals surface area contributed by atoms with E-state index in [0.717, 1.165) is 34.8 Å². The number of aromatic hydroxyl groups is 1. The summed E-state index contributed by atoms with van der Waals surface area (Å²) in [5.41, 5.74) is 3.68. The van der Waals surface area contributed by atoms with E-state index in [1.807, 2.05) is 65.2 Å². The highest BCUT2D eigenvalue weighted by atomic mass is 79.9. The molecular formula is C30H27BrN4O3. The zero-order chi connectivity index (χ0) is 26.6. The Hall–Kier alpha value is -4.04. The van der Waals surface area contributed by atoms with E-state index in [1.165, 1.54) is 0 Å². The van der Waals surface area contributed by atoms with Gasteiger partial charge in [0, 0.05) is 27.4 Å². The third-order valence-electron chi connectivity index (χ3n) is 6.53. The number of unbranched alkanes of at least 4 members (excludes halogenated alkanes) is 2. The average Bonchev–Trinajstić information content (AvgIpc) is 3.21. The van der Waals surface area contributed by atoms with Gasteiger partial charge in [0.15, 0.2) is 5.69 Å². The van der Waals surface area contributed by atoms with Gasteiger partial charge in [0.2, 0.25) is 5.88 Å². The fourth-order valence-electron chi connectivity index (χ4n) is 4.54. The topological polar surface area (TPSA) is 89.1 Å². The molecule has 38 heavy (non-hydrogen) atoms. The van der Waals surface area contributed by atoms with E-state index >= 15 is 0 Å². The lowest BCUT2D eigenvalue weighted by Gasteiger charge is -2.07. The molecule has 0 fully saturated rings. The third-order valence-corrected chi connectivity index (χ3v) is 7.06. The Bertz CT molecular complexity index is 1660. The molecule has 1 N–H and O–H groups in total. The van der Waals surface area contributed by atoms with Gasteiger partial charge in [-0.05, 0) is 48.9 Å². The molecule has 2 heterocycles. The SMILES string of the molecule is CCCCCn1c(O)c(N=NC(=O)c2cc(-c3ccc(Br)cc3)nc3ccccc23)c2cc(OC)ccc21. The molecule has 8 heteroatoms. The molecule has 0 spiro atoms. The summed E-state index contributed by atoms with van der Waals surface area (Å²) in [4.78, 5) is 18.2. The lowest BCUT2D eigenvalue weighted by Crippen LogP contribution is -1.99. The second kappa shape index (κ2) is 11.1. The summed E-state index contributed by atoms with van der Waals surface area (Å²) in [5.74, 6) is 0.0948. The van der Waals surface area contributed by atoms with Crippen molar-refractivity contribution < 1.29 is 14.6 Å². The van der Waals surface area contributed by atoms with Crippen molar-refractivity contribution in [3.05, 3.63) is 82.8 Å². The van der Waals surface area contributed by atoms with Gasteiger partial charge < -0.3 is 14.4 Å². The maximum Gasteiger partial charge on any atom is 0.296 e. The van der Waals surface area contributed by atoms with Gasteiger partial charge >= 0.3 is 0 Å². The van der Waals surface area contributed by atoms with Crippen LogP contribution in [0.1, 0.15) is 36.5 Å². The van der Waals surface area contributed by atoms with Crippen LogP contribution in [0.2, 0.25) is 0 Å². The summed E-state index contributed by atoms with van der Waals surface area (Å²) in [6.07, 6.45) is 3.02. The minimum absolute atomic E-state index is 0.0176. The molecule has 0 aliphatic carbocycles. The maximum absolute atomic E-state index is 13.4. The number of aromatic nitrogens is 2. The normalized spacial score (nSPS) is 11.6. The van der Waals surface area contributed by atoms with Crippen molar-refractivity contribution >= 4 is 49.3 Å². The van der Waals surface area contributed by atoms with E-state index in [4.69, 9.17) is 9.72 Å².